The van der Waals surface area contributed by atoms with E-state index in [1.807, 2.05) is 35.5 Å². The van der Waals surface area contributed by atoms with Gasteiger partial charge in [-0.25, -0.2) is 0 Å². The Bertz CT molecular complexity index is 794. The molecule has 0 unspecified atom stereocenters. The van der Waals surface area contributed by atoms with Crippen molar-refractivity contribution in [3.8, 4) is 0 Å². The maximum atomic E-state index is 12.7. The van der Waals surface area contributed by atoms with E-state index in [0.29, 0.717) is 12.5 Å². The summed E-state index contributed by atoms with van der Waals surface area (Å²) in [5.74, 6) is 1.27. The summed E-state index contributed by atoms with van der Waals surface area (Å²) in [5.41, 5.74) is 1.05. The molecule has 1 saturated carbocycles. The van der Waals surface area contributed by atoms with Gasteiger partial charge in [-0.2, -0.15) is 0 Å². The monoisotopic (exact) mass is 445 g/mol. The number of rotatable bonds is 5. The van der Waals surface area contributed by atoms with Gasteiger partial charge >= 0.3 is 0 Å². The number of nitrogens with zero attached hydrogens (tertiary/aromatic N) is 5. The van der Waals surface area contributed by atoms with E-state index < -0.39 is 0 Å². The third kappa shape index (κ3) is 4.63. The number of carbonyl (C=O) groups is 1. The molecule has 1 saturated heterocycles. The van der Waals surface area contributed by atoms with Gasteiger partial charge < -0.3 is 9.47 Å². The van der Waals surface area contributed by atoms with Gasteiger partial charge in [-0.1, -0.05) is 53.4 Å². The molecular weight excluding hydrogens is 418 g/mol. The van der Waals surface area contributed by atoms with E-state index in [-0.39, 0.29) is 5.91 Å². The molecule has 2 aliphatic rings. The molecule has 1 amide bonds. The van der Waals surface area contributed by atoms with Crippen molar-refractivity contribution >= 4 is 21.8 Å². The zero-order valence-electron chi connectivity index (χ0n) is 16.3. The van der Waals surface area contributed by atoms with Gasteiger partial charge in [0.05, 0.1) is 13.0 Å². The van der Waals surface area contributed by atoms with Crippen molar-refractivity contribution in [1.82, 2.24) is 24.6 Å². The fraction of sp³-hybridized carbons (Fsp3) is 0.571. The van der Waals surface area contributed by atoms with Gasteiger partial charge in [-0.05, 0) is 24.5 Å². The normalized spacial score (nSPS) is 19.1. The van der Waals surface area contributed by atoms with Gasteiger partial charge in [0.1, 0.15) is 12.2 Å². The summed E-state index contributed by atoms with van der Waals surface area (Å²) in [5, 5.41) is 8.57. The van der Waals surface area contributed by atoms with Crippen LogP contribution in [0.2, 0.25) is 0 Å². The Hall–Kier alpha value is -1.73. The van der Waals surface area contributed by atoms with Crippen LogP contribution in [0.3, 0.4) is 0 Å². The standard InChI is InChI=1S/C21H28BrN5O/c22-19-9-5-4-6-17(19)14-21(28)26-12-10-25(11-13-26)15-20-24-23-16-27(20)18-7-2-1-3-8-18/h4-6,9,16,18H,1-3,7-8,10-15H2. The second-order valence-electron chi connectivity index (χ2n) is 7.87. The van der Waals surface area contributed by atoms with Crippen LogP contribution in [0.4, 0.5) is 0 Å². The predicted molar refractivity (Wildman–Crippen MR) is 112 cm³/mol. The predicted octanol–water partition coefficient (Wildman–Crippen LogP) is 3.43. The van der Waals surface area contributed by atoms with Crippen LogP contribution in [-0.2, 0) is 17.8 Å². The zero-order chi connectivity index (χ0) is 19.3. The van der Waals surface area contributed by atoms with Gasteiger partial charge in [0.25, 0.3) is 0 Å². The molecular formula is C21H28BrN5O. The Morgan fingerprint density at radius 2 is 1.82 bits per heavy atom. The molecule has 4 rings (SSSR count). The lowest BCUT2D eigenvalue weighted by Crippen LogP contribution is -2.49. The minimum atomic E-state index is 0.205. The molecule has 0 spiro atoms. The van der Waals surface area contributed by atoms with Crippen LogP contribution in [0.15, 0.2) is 35.1 Å². The van der Waals surface area contributed by atoms with Crippen molar-refractivity contribution in [3.05, 3.63) is 46.5 Å². The summed E-state index contributed by atoms with van der Waals surface area (Å²) < 4.78 is 3.30. The van der Waals surface area contributed by atoms with Crippen LogP contribution < -0.4 is 0 Å². The summed E-state index contributed by atoms with van der Waals surface area (Å²) in [6.45, 7) is 4.16. The van der Waals surface area contributed by atoms with Crippen molar-refractivity contribution in [3.63, 3.8) is 0 Å². The largest absolute Gasteiger partial charge is 0.340 e. The minimum Gasteiger partial charge on any atom is -0.340 e. The maximum Gasteiger partial charge on any atom is 0.227 e. The first-order valence-electron chi connectivity index (χ1n) is 10.3. The van der Waals surface area contributed by atoms with Crippen LogP contribution in [0, 0.1) is 0 Å². The molecule has 2 heterocycles. The summed E-state index contributed by atoms with van der Waals surface area (Å²) in [4.78, 5) is 17.0. The lowest BCUT2D eigenvalue weighted by atomic mass is 9.95. The van der Waals surface area contributed by atoms with Gasteiger partial charge in [-0.3, -0.25) is 9.69 Å². The molecule has 1 aliphatic heterocycles. The highest BCUT2D eigenvalue weighted by Crippen LogP contribution is 2.28. The number of carbonyl (C=O) groups excluding carboxylic acids is 1. The first-order valence-corrected chi connectivity index (χ1v) is 11.1. The highest BCUT2D eigenvalue weighted by Gasteiger charge is 2.24. The van der Waals surface area contributed by atoms with Gasteiger partial charge in [-0.15, -0.1) is 10.2 Å². The number of piperazine rings is 1. The average molecular weight is 446 g/mol. The third-order valence-corrected chi connectivity index (χ3v) is 6.78. The number of hydrogen-bond acceptors (Lipinski definition) is 4. The number of amides is 1. The summed E-state index contributed by atoms with van der Waals surface area (Å²) in [7, 11) is 0. The Morgan fingerprint density at radius 3 is 2.57 bits per heavy atom. The van der Waals surface area contributed by atoms with Crippen LogP contribution in [0.25, 0.3) is 0 Å². The average Bonchev–Trinajstić information content (AvgIpc) is 3.19. The summed E-state index contributed by atoms with van der Waals surface area (Å²) in [6, 6.07) is 8.52. The van der Waals surface area contributed by atoms with Crippen molar-refractivity contribution < 1.29 is 4.79 Å². The molecule has 150 valence electrons. The van der Waals surface area contributed by atoms with E-state index in [2.05, 4.69) is 35.6 Å². The molecule has 0 bridgehead atoms. The second kappa shape index (κ2) is 9.18. The van der Waals surface area contributed by atoms with Crippen molar-refractivity contribution in [2.75, 3.05) is 26.2 Å². The third-order valence-electron chi connectivity index (χ3n) is 6.00. The highest BCUT2D eigenvalue weighted by molar-refractivity contribution is 9.10. The van der Waals surface area contributed by atoms with Crippen LogP contribution in [-0.4, -0.2) is 56.7 Å². The van der Waals surface area contributed by atoms with E-state index in [9.17, 15) is 4.79 Å². The fourth-order valence-electron chi connectivity index (χ4n) is 4.32. The topological polar surface area (TPSA) is 54.3 Å². The second-order valence-corrected chi connectivity index (χ2v) is 8.73. The molecule has 2 aromatic rings. The minimum absolute atomic E-state index is 0.205. The first-order chi connectivity index (χ1) is 13.7. The van der Waals surface area contributed by atoms with Crippen molar-refractivity contribution in [2.24, 2.45) is 0 Å². The van der Waals surface area contributed by atoms with Gasteiger partial charge in [0, 0.05) is 36.7 Å². The lowest BCUT2D eigenvalue weighted by molar-refractivity contribution is -0.132. The SMILES string of the molecule is O=C(Cc1ccccc1Br)N1CCN(Cc2nncn2C2CCCCC2)CC1. The van der Waals surface area contributed by atoms with Crippen molar-refractivity contribution in [2.45, 2.75) is 51.1 Å². The Labute approximate surface area is 175 Å². The molecule has 2 fully saturated rings. The smallest absolute Gasteiger partial charge is 0.227 e. The Kier molecular flexibility index (Phi) is 6.42. The summed E-state index contributed by atoms with van der Waals surface area (Å²) in [6.07, 6.45) is 8.80. The zero-order valence-corrected chi connectivity index (χ0v) is 17.9. The molecule has 28 heavy (non-hydrogen) atoms. The van der Waals surface area contributed by atoms with Crippen molar-refractivity contribution in [1.29, 1.82) is 0 Å². The Balaban J connectivity index is 1.29. The first kappa shape index (κ1) is 19.6. The molecule has 0 N–H and O–H groups in total. The molecule has 6 nitrogen and oxygen atoms in total. The summed E-state index contributed by atoms with van der Waals surface area (Å²) >= 11 is 3.54. The highest BCUT2D eigenvalue weighted by atomic mass is 79.9. The molecule has 1 aromatic heterocycles. The van der Waals surface area contributed by atoms with Crippen LogP contribution in [0.5, 0.6) is 0 Å². The molecule has 1 aliphatic carbocycles. The van der Waals surface area contributed by atoms with Gasteiger partial charge in [0.15, 0.2) is 0 Å². The molecule has 1 aromatic carbocycles. The van der Waals surface area contributed by atoms with E-state index in [4.69, 9.17) is 0 Å². The van der Waals surface area contributed by atoms with Crippen LogP contribution in [0.1, 0.15) is 49.5 Å². The van der Waals surface area contributed by atoms with E-state index in [0.717, 1.165) is 48.6 Å². The Morgan fingerprint density at radius 1 is 1.07 bits per heavy atom. The van der Waals surface area contributed by atoms with E-state index in [1.54, 1.807) is 0 Å². The molecule has 0 atom stereocenters. The number of aromatic nitrogens is 3. The van der Waals surface area contributed by atoms with Crippen LogP contribution >= 0.6 is 15.9 Å². The molecule has 0 radical (unpaired) electrons. The fourth-order valence-corrected chi connectivity index (χ4v) is 4.74. The number of benzene rings is 1. The lowest BCUT2D eigenvalue weighted by Gasteiger charge is -2.35. The maximum absolute atomic E-state index is 12.7. The quantitative estimate of drug-likeness (QED) is 0.707. The van der Waals surface area contributed by atoms with E-state index >= 15 is 0 Å². The van der Waals surface area contributed by atoms with Gasteiger partial charge in [0.2, 0.25) is 5.91 Å². The number of hydrogen-bond donors (Lipinski definition) is 0. The number of halogens is 1. The van der Waals surface area contributed by atoms with E-state index in [1.165, 1.54) is 32.1 Å². The molecule has 7 heteroatoms.